The number of aromatic nitrogens is 2. The summed E-state index contributed by atoms with van der Waals surface area (Å²) in [6.07, 6.45) is 5.57. The molecule has 0 N–H and O–H groups in total. The van der Waals surface area contributed by atoms with E-state index in [0.29, 0.717) is 19.6 Å². The number of sulfonamides is 1. The van der Waals surface area contributed by atoms with Crippen molar-refractivity contribution in [2.75, 3.05) is 37.3 Å². The summed E-state index contributed by atoms with van der Waals surface area (Å²) in [5.74, 6) is 2.54. The molecule has 0 radical (unpaired) electrons. The van der Waals surface area contributed by atoms with E-state index >= 15 is 0 Å². The van der Waals surface area contributed by atoms with E-state index < -0.39 is 10.0 Å². The van der Waals surface area contributed by atoms with Crippen molar-refractivity contribution in [2.45, 2.75) is 39.5 Å². The Kier molecular flexibility index (Phi) is 4.69. The molecule has 0 amide bonds. The summed E-state index contributed by atoms with van der Waals surface area (Å²) in [5, 5.41) is 1.22. The maximum Gasteiger partial charge on any atom is 0.211 e. The molecular formula is C18H26N4O2S2. The molecule has 142 valence electrons. The van der Waals surface area contributed by atoms with E-state index in [0.717, 1.165) is 48.2 Å². The summed E-state index contributed by atoms with van der Waals surface area (Å²) in [4.78, 5) is 14.3. The highest BCUT2D eigenvalue weighted by Gasteiger charge is 2.27. The molecule has 26 heavy (non-hydrogen) atoms. The highest BCUT2D eigenvalue weighted by atomic mass is 32.2. The SMILES string of the molecule is Cc1nc(N2CCCN(S(C)(=O)=O)CC2)c2c3c(sc2n1)CC(C)CC3. The Labute approximate surface area is 159 Å². The lowest BCUT2D eigenvalue weighted by molar-refractivity contribution is 0.437. The first-order chi connectivity index (χ1) is 12.3. The van der Waals surface area contributed by atoms with Gasteiger partial charge in [0.2, 0.25) is 10.0 Å². The normalized spacial score (nSPS) is 22.4. The Hall–Kier alpha value is -1.25. The molecule has 2 aliphatic rings. The molecule has 1 aliphatic heterocycles. The minimum absolute atomic E-state index is 0.521. The van der Waals surface area contributed by atoms with Gasteiger partial charge >= 0.3 is 0 Å². The molecule has 0 spiro atoms. The van der Waals surface area contributed by atoms with E-state index in [1.807, 2.05) is 18.3 Å². The quantitative estimate of drug-likeness (QED) is 0.783. The third-order valence-corrected chi connectivity index (χ3v) is 7.92. The molecule has 0 bridgehead atoms. The Morgan fingerprint density at radius 1 is 1.15 bits per heavy atom. The molecule has 6 nitrogen and oxygen atoms in total. The molecule has 1 atom stereocenters. The monoisotopic (exact) mass is 394 g/mol. The minimum atomic E-state index is -3.14. The minimum Gasteiger partial charge on any atom is -0.355 e. The van der Waals surface area contributed by atoms with Gasteiger partial charge in [-0.05, 0) is 44.1 Å². The van der Waals surface area contributed by atoms with Gasteiger partial charge in [0.05, 0.1) is 11.6 Å². The Morgan fingerprint density at radius 3 is 2.73 bits per heavy atom. The summed E-state index contributed by atoms with van der Waals surface area (Å²) in [5.41, 5.74) is 1.43. The second kappa shape index (κ2) is 6.73. The Morgan fingerprint density at radius 2 is 1.96 bits per heavy atom. The number of fused-ring (bicyclic) bond motifs is 3. The van der Waals surface area contributed by atoms with Crippen molar-refractivity contribution in [3.05, 3.63) is 16.3 Å². The lowest BCUT2D eigenvalue weighted by atomic mass is 9.89. The van der Waals surface area contributed by atoms with Crippen LogP contribution >= 0.6 is 11.3 Å². The fraction of sp³-hybridized carbons (Fsp3) is 0.667. The van der Waals surface area contributed by atoms with Crippen molar-refractivity contribution in [1.82, 2.24) is 14.3 Å². The van der Waals surface area contributed by atoms with Crippen LogP contribution in [0.15, 0.2) is 0 Å². The number of aryl methyl sites for hydroxylation is 2. The molecule has 0 saturated carbocycles. The summed E-state index contributed by atoms with van der Waals surface area (Å²) in [7, 11) is -3.14. The van der Waals surface area contributed by atoms with Crippen LogP contribution in [0.1, 0.15) is 36.0 Å². The van der Waals surface area contributed by atoms with E-state index in [1.165, 1.54) is 28.5 Å². The van der Waals surface area contributed by atoms with Crippen LogP contribution in [-0.4, -0.2) is 55.1 Å². The highest BCUT2D eigenvalue weighted by molar-refractivity contribution is 7.88. The number of hydrogen-bond donors (Lipinski definition) is 0. The average Bonchev–Trinajstić information content (AvgIpc) is 2.75. The van der Waals surface area contributed by atoms with Gasteiger partial charge in [-0.3, -0.25) is 0 Å². The molecule has 1 saturated heterocycles. The largest absolute Gasteiger partial charge is 0.355 e. The topological polar surface area (TPSA) is 66.4 Å². The van der Waals surface area contributed by atoms with Gasteiger partial charge in [-0.15, -0.1) is 11.3 Å². The number of rotatable bonds is 2. The van der Waals surface area contributed by atoms with Crippen LogP contribution < -0.4 is 4.90 Å². The molecular weight excluding hydrogens is 368 g/mol. The molecule has 1 aliphatic carbocycles. The zero-order valence-electron chi connectivity index (χ0n) is 15.7. The third-order valence-electron chi connectivity index (χ3n) is 5.47. The van der Waals surface area contributed by atoms with Gasteiger partial charge in [-0.2, -0.15) is 0 Å². The van der Waals surface area contributed by atoms with Crippen molar-refractivity contribution in [2.24, 2.45) is 5.92 Å². The van der Waals surface area contributed by atoms with Crippen LogP contribution in [0.5, 0.6) is 0 Å². The summed E-state index contributed by atoms with van der Waals surface area (Å²) in [6, 6.07) is 0. The average molecular weight is 395 g/mol. The van der Waals surface area contributed by atoms with Crippen LogP contribution in [0.4, 0.5) is 5.82 Å². The molecule has 3 heterocycles. The van der Waals surface area contributed by atoms with Gasteiger partial charge in [0.1, 0.15) is 16.5 Å². The zero-order valence-corrected chi connectivity index (χ0v) is 17.3. The second-order valence-electron chi connectivity index (χ2n) is 7.63. The van der Waals surface area contributed by atoms with Gasteiger partial charge in [0.25, 0.3) is 0 Å². The summed E-state index contributed by atoms with van der Waals surface area (Å²) < 4.78 is 25.4. The van der Waals surface area contributed by atoms with Gasteiger partial charge in [-0.25, -0.2) is 22.7 Å². The van der Waals surface area contributed by atoms with Gasteiger partial charge in [0, 0.05) is 31.1 Å². The van der Waals surface area contributed by atoms with Crippen LogP contribution in [0.2, 0.25) is 0 Å². The maximum absolute atomic E-state index is 11.9. The van der Waals surface area contributed by atoms with Crippen LogP contribution in [0.25, 0.3) is 10.2 Å². The highest BCUT2D eigenvalue weighted by Crippen LogP contribution is 2.41. The van der Waals surface area contributed by atoms with Crippen molar-refractivity contribution in [3.63, 3.8) is 0 Å². The number of thiophene rings is 1. The van der Waals surface area contributed by atoms with E-state index in [9.17, 15) is 8.42 Å². The van der Waals surface area contributed by atoms with Crippen molar-refractivity contribution in [1.29, 1.82) is 0 Å². The first kappa shape index (κ1) is 18.1. The maximum atomic E-state index is 11.9. The lowest BCUT2D eigenvalue weighted by Crippen LogP contribution is -2.34. The van der Waals surface area contributed by atoms with E-state index in [2.05, 4.69) is 11.8 Å². The first-order valence-electron chi connectivity index (χ1n) is 9.32. The predicted octanol–water partition coefficient (Wildman–Crippen LogP) is 2.60. The molecule has 8 heteroatoms. The lowest BCUT2D eigenvalue weighted by Gasteiger charge is -2.24. The fourth-order valence-corrected chi connectivity index (χ4v) is 6.39. The molecule has 0 aromatic carbocycles. The van der Waals surface area contributed by atoms with E-state index in [-0.39, 0.29) is 0 Å². The molecule has 1 fully saturated rings. The third kappa shape index (κ3) is 3.34. The van der Waals surface area contributed by atoms with Gasteiger partial charge in [0.15, 0.2) is 0 Å². The molecule has 1 unspecified atom stereocenters. The molecule has 4 rings (SSSR count). The van der Waals surface area contributed by atoms with Crippen LogP contribution in [0, 0.1) is 12.8 Å². The zero-order chi connectivity index (χ0) is 18.5. The predicted molar refractivity (Wildman–Crippen MR) is 107 cm³/mol. The van der Waals surface area contributed by atoms with Crippen LogP contribution in [0.3, 0.4) is 0 Å². The van der Waals surface area contributed by atoms with Crippen molar-refractivity contribution < 1.29 is 8.42 Å². The van der Waals surface area contributed by atoms with Crippen molar-refractivity contribution in [3.8, 4) is 0 Å². The first-order valence-corrected chi connectivity index (χ1v) is 12.0. The van der Waals surface area contributed by atoms with E-state index in [1.54, 1.807) is 4.31 Å². The standard InChI is InChI=1S/C18H26N4O2S2/c1-12-5-6-14-15(11-12)25-18-16(14)17(19-13(2)20-18)21-7-4-8-22(10-9-21)26(3,23)24/h12H,4-11H2,1-3H3. The van der Waals surface area contributed by atoms with Gasteiger partial charge in [-0.1, -0.05) is 6.92 Å². The van der Waals surface area contributed by atoms with Gasteiger partial charge < -0.3 is 4.90 Å². The molecule has 2 aromatic heterocycles. The number of hydrogen-bond acceptors (Lipinski definition) is 6. The van der Waals surface area contributed by atoms with Crippen molar-refractivity contribution >= 4 is 37.4 Å². The number of anilines is 1. The molecule has 2 aromatic rings. The van der Waals surface area contributed by atoms with Crippen LogP contribution in [-0.2, 0) is 22.9 Å². The summed E-state index contributed by atoms with van der Waals surface area (Å²) >= 11 is 1.82. The second-order valence-corrected chi connectivity index (χ2v) is 10.7. The smallest absolute Gasteiger partial charge is 0.211 e. The summed E-state index contributed by atoms with van der Waals surface area (Å²) in [6.45, 7) is 6.89. The Bertz CT molecular complexity index is 938. The fourth-order valence-electron chi connectivity index (χ4n) is 4.09. The number of nitrogens with zero attached hydrogens (tertiary/aromatic N) is 4. The van der Waals surface area contributed by atoms with E-state index in [4.69, 9.17) is 9.97 Å². The Balaban J connectivity index is 1.74.